The number of nitrogens with zero attached hydrogens (tertiary/aromatic N) is 1. The molecule has 0 aromatic carbocycles. The quantitative estimate of drug-likeness (QED) is 0.881. The van der Waals surface area contributed by atoms with Crippen molar-refractivity contribution in [3.63, 3.8) is 0 Å². The molecule has 0 amide bonds. The van der Waals surface area contributed by atoms with E-state index < -0.39 is 17.5 Å². The molecule has 0 aliphatic rings. The number of aromatic nitrogens is 1. The van der Waals surface area contributed by atoms with E-state index in [1.165, 1.54) is 18.5 Å². The molecule has 2 rings (SSSR count). The van der Waals surface area contributed by atoms with Gasteiger partial charge in [-0.25, -0.2) is 0 Å². The Morgan fingerprint density at radius 3 is 2.24 bits per heavy atom. The van der Waals surface area contributed by atoms with Gasteiger partial charge in [-0.3, -0.25) is 4.98 Å². The van der Waals surface area contributed by atoms with Crippen LogP contribution in [0.5, 0.6) is 0 Å². The fraction of sp³-hybridized carbons (Fsp3) is 0.182. The average Bonchev–Trinajstić information content (AvgIpc) is 2.81. The smallest absolute Gasteiger partial charge is 0.428 e. The van der Waals surface area contributed by atoms with Crippen molar-refractivity contribution in [2.24, 2.45) is 0 Å². The van der Waals surface area contributed by atoms with Gasteiger partial charge in [0.1, 0.15) is 5.76 Å². The average molecular weight is 243 g/mol. The molecule has 6 heteroatoms. The van der Waals surface area contributed by atoms with Gasteiger partial charge in [0.15, 0.2) is 0 Å². The molecule has 0 aliphatic heterocycles. The Kier molecular flexibility index (Phi) is 2.66. The molecule has 3 nitrogen and oxygen atoms in total. The van der Waals surface area contributed by atoms with Crippen molar-refractivity contribution in [1.82, 2.24) is 4.98 Å². The number of alkyl halides is 3. The first kappa shape index (κ1) is 11.7. The van der Waals surface area contributed by atoms with Gasteiger partial charge >= 0.3 is 6.18 Å². The van der Waals surface area contributed by atoms with Crippen molar-refractivity contribution < 1.29 is 22.7 Å². The van der Waals surface area contributed by atoms with E-state index in [1.807, 2.05) is 0 Å². The van der Waals surface area contributed by atoms with E-state index in [4.69, 9.17) is 0 Å². The Morgan fingerprint density at radius 1 is 1.12 bits per heavy atom. The number of hydrogen-bond donors (Lipinski definition) is 1. The third-order valence-corrected chi connectivity index (χ3v) is 2.39. The third kappa shape index (κ3) is 1.80. The summed E-state index contributed by atoms with van der Waals surface area (Å²) in [6.07, 6.45) is -1.45. The first-order valence-electron chi connectivity index (χ1n) is 4.70. The van der Waals surface area contributed by atoms with E-state index in [1.54, 1.807) is 0 Å². The van der Waals surface area contributed by atoms with E-state index in [0.717, 1.165) is 24.5 Å². The molecule has 2 heterocycles. The maximum Gasteiger partial charge on any atom is 0.428 e. The molecule has 2 aromatic heterocycles. The van der Waals surface area contributed by atoms with Gasteiger partial charge in [0.25, 0.3) is 0 Å². The minimum Gasteiger partial charge on any atom is -0.466 e. The Hall–Kier alpha value is -1.82. The van der Waals surface area contributed by atoms with E-state index in [-0.39, 0.29) is 5.56 Å². The van der Waals surface area contributed by atoms with Crippen LogP contribution >= 0.6 is 0 Å². The molecule has 0 radical (unpaired) electrons. The van der Waals surface area contributed by atoms with Crippen molar-refractivity contribution in [3.05, 3.63) is 54.2 Å². The van der Waals surface area contributed by atoms with Crippen LogP contribution in [0.3, 0.4) is 0 Å². The zero-order chi connectivity index (χ0) is 12.5. The van der Waals surface area contributed by atoms with Crippen molar-refractivity contribution in [3.8, 4) is 0 Å². The second-order valence-corrected chi connectivity index (χ2v) is 3.42. The number of furan rings is 1. The normalized spacial score (nSPS) is 15.5. The van der Waals surface area contributed by atoms with Crippen molar-refractivity contribution in [2.75, 3.05) is 0 Å². The molecule has 1 unspecified atom stereocenters. The van der Waals surface area contributed by atoms with Gasteiger partial charge in [-0.2, -0.15) is 13.2 Å². The highest BCUT2D eigenvalue weighted by Gasteiger charge is 2.58. The topological polar surface area (TPSA) is 46.3 Å². The Labute approximate surface area is 94.5 Å². The van der Waals surface area contributed by atoms with Crippen LogP contribution < -0.4 is 0 Å². The number of pyridine rings is 1. The van der Waals surface area contributed by atoms with Crippen LogP contribution in [0.15, 0.2) is 47.3 Å². The zero-order valence-corrected chi connectivity index (χ0v) is 8.48. The van der Waals surface area contributed by atoms with Crippen molar-refractivity contribution >= 4 is 0 Å². The lowest BCUT2D eigenvalue weighted by atomic mass is 9.91. The predicted octanol–water partition coefficient (Wildman–Crippen LogP) is 2.47. The first-order chi connectivity index (χ1) is 7.96. The molecule has 0 fully saturated rings. The van der Waals surface area contributed by atoms with Crippen LogP contribution in [0.1, 0.15) is 11.3 Å². The summed E-state index contributed by atoms with van der Waals surface area (Å²) in [6, 6.07) is 4.55. The zero-order valence-electron chi connectivity index (χ0n) is 8.48. The minimum absolute atomic E-state index is 0.338. The van der Waals surface area contributed by atoms with Gasteiger partial charge in [0.2, 0.25) is 5.60 Å². The summed E-state index contributed by atoms with van der Waals surface area (Å²) in [5.41, 5.74) is -3.49. The van der Waals surface area contributed by atoms with E-state index >= 15 is 0 Å². The van der Waals surface area contributed by atoms with Crippen LogP contribution in [0.4, 0.5) is 13.2 Å². The Balaban J connectivity index is 2.61. The fourth-order valence-corrected chi connectivity index (χ4v) is 1.52. The predicted molar refractivity (Wildman–Crippen MR) is 52.0 cm³/mol. The maximum absolute atomic E-state index is 13.0. The van der Waals surface area contributed by atoms with E-state index in [2.05, 4.69) is 9.40 Å². The molecule has 17 heavy (non-hydrogen) atoms. The van der Waals surface area contributed by atoms with Crippen LogP contribution in [-0.4, -0.2) is 16.3 Å². The molecule has 0 spiro atoms. The van der Waals surface area contributed by atoms with Crippen LogP contribution in [-0.2, 0) is 5.60 Å². The van der Waals surface area contributed by atoms with Gasteiger partial charge < -0.3 is 9.52 Å². The van der Waals surface area contributed by atoms with Gasteiger partial charge in [-0.1, -0.05) is 0 Å². The van der Waals surface area contributed by atoms with Crippen LogP contribution in [0.25, 0.3) is 0 Å². The number of hydrogen-bond acceptors (Lipinski definition) is 3. The number of aliphatic hydroxyl groups is 1. The summed E-state index contributed by atoms with van der Waals surface area (Å²) >= 11 is 0. The summed E-state index contributed by atoms with van der Waals surface area (Å²) in [7, 11) is 0. The highest BCUT2D eigenvalue weighted by atomic mass is 19.4. The standard InChI is InChI=1S/C11H8F3NO2/c12-11(13,14)10(16,9-2-1-7-17-9)8-3-5-15-6-4-8/h1-7,16H. The van der Waals surface area contributed by atoms with E-state index in [9.17, 15) is 18.3 Å². The second kappa shape index (κ2) is 3.89. The number of rotatable bonds is 2. The SMILES string of the molecule is OC(c1ccncc1)(c1ccco1)C(F)(F)F. The molecular weight excluding hydrogens is 235 g/mol. The molecule has 0 saturated heterocycles. The minimum atomic E-state index is -4.88. The lowest BCUT2D eigenvalue weighted by molar-refractivity contribution is -0.254. The third-order valence-electron chi connectivity index (χ3n) is 2.39. The van der Waals surface area contributed by atoms with Crippen LogP contribution in [0.2, 0.25) is 0 Å². The summed E-state index contributed by atoms with van der Waals surface area (Å²) in [5, 5.41) is 9.93. The summed E-state index contributed by atoms with van der Waals surface area (Å²) < 4.78 is 43.8. The summed E-state index contributed by atoms with van der Waals surface area (Å²) in [4.78, 5) is 3.61. The molecular formula is C11H8F3NO2. The fourth-order valence-electron chi connectivity index (χ4n) is 1.52. The lowest BCUT2D eigenvalue weighted by Crippen LogP contribution is -2.43. The number of halogens is 3. The van der Waals surface area contributed by atoms with Gasteiger partial charge in [0, 0.05) is 18.0 Å². The molecule has 1 atom stereocenters. The lowest BCUT2D eigenvalue weighted by Gasteiger charge is -2.28. The largest absolute Gasteiger partial charge is 0.466 e. The van der Waals surface area contributed by atoms with Crippen LogP contribution in [0, 0.1) is 0 Å². The van der Waals surface area contributed by atoms with Gasteiger partial charge in [0.05, 0.1) is 6.26 Å². The molecule has 0 saturated carbocycles. The molecule has 0 aliphatic carbocycles. The molecule has 2 aromatic rings. The highest BCUT2D eigenvalue weighted by molar-refractivity contribution is 5.31. The van der Waals surface area contributed by atoms with Gasteiger partial charge in [-0.05, 0) is 24.3 Å². The Morgan fingerprint density at radius 2 is 1.76 bits per heavy atom. The molecule has 90 valence electrons. The highest BCUT2D eigenvalue weighted by Crippen LogP contribution is 2.43. The maximum atomic E-state index is 13.0. The second-order valence-electron chi connectivity index (χ2n) is 3.42. The van der Waals surface area contributed by atoms with Crippen molar-refractivity contribution in [2.45, 2.75) is 11.8 Å². The monoisotopic (exact) mass is 243 g/mol. The summed E-state index contributed by atoms with van der Waals surface area (Å²) in [5.74, 6) is -0.573. The first-order valence-corrected chi connectivity index (χ1v) is 4.70. The van der Waals surface area contributed by atoms with Gasteiger partial charge in [-0.15, -0.1) is 0 Å². The molecule has 1 N–H and O–H groups in total. The van der Waals surface area contributed by atoms with E-state index in [0.29, 0.717) is 0 Å². The van der Waals surface area contributed by atoms with Crippen molar-refractivity contribution in [1.29, 1.82) is 0 Å². The molecule has 0 bridgehead atoms. The Bertz CT molecular complexity index is 481. The summed E-state index contributed by atoms with van der Waals surface area (Å²) in [6.45, 7) is 0.